The number of nitrogens with two attached hydrogens (primary N) is 1. The number of likely N-dealkylation sites (N-methyl/N-ethyl adjacent to an activating group) is 1. The molecule has 2 aliphatic heterocycles. The van der Waals surface area contributed by atoms with Crippen molar-refractivity contribution in [2.24, 2.45) is 17.6 Å². The fraction of sp³-hybridized carbons (Fsp3) is 0.682. The first kappa shape index (κ1) is 20.6. The maximum atomic E-state index is 10.8. The van der Waals surface area contributed by atoms with E-state index in [1.54, 1.807) is 0 Å². The normalized spacial score (nSPS) is 31.5. The highest BCUT2D eigenvalue weighted by atomic mass is 16.5. The van der Waals surface area contributed by atoms with Gasteiger partial charge < -0.3 is 20.5 Å². The van der Waals surface area contributed by atoms with Crippen LogP contribution < -0.4 is 10.5 Å². The molecule has 7 nitrogen and oxygen atoms in total. The van der Waals surface area contributed by atoms with E-state index in [1.165, 1.54) is 5.56 Å². The minimum absolute atomic E-state index is 0.0916. The molecule has 3 aliphatic rings. The van der Waals surface area contributed by atoms with Gasteiger partial charge >= 0.3 is 0 Å². The van der Waals surface area contributed by atoms with Crippen LogP contribution in [0.2, 0.25) is 0 Å². The average Bonchev–Trinajstić information content (AvgIpc) is 3.08. The molecule has 4 rings (SSSR count). The first-order chi connectivity index (χ1) is 14.0. The summed E-state index contributed by atoms with van der Waals surface area (Å²) < 4.78 is 5.33. The van der Waals surface area contributed by atoms with Gasteiger partial charge in [-0.1, -0.05) is 12.1 Å². The zero-order valence-electron chi connectivity index (χ0n) is 17.4. The molecule has 2 heterocycles. The summed E-state index contributed by atoms with van der Waals surface area (Å²) in [5, 5.41) is 10.8. The number of aliphatic hydroxyl groups excluding tert-OH is 1. The van der Waals surface area contributed by atoms with Crippen LogP contribution in [0.25, 0.3) is 0 Å². The minimum Gasteiger partial charge on any atom is -0.484 e. The van der Waals surface area contributed by atoms with E-state index in [0.29, 0.717) is 23.6 Å². The number of benzene rings is 1. The number of ether oxygens (including phenoxy) is 1. The predicted molar refractivity (Wildman–Crippen MR) is 111 cm³/mol. The highest BCUT2D eigenvalue weighted by Crippen LogP contribution is 2.39. The molecule has 1 aliphatic carbocycles. The highest BCUT2D eigenvalue weighted by Gasteiger charge is 2.43. The van der Waals surface area contributed by atoms with Gasteiger partial charge in [-0.2, -0.15) is 0 Å². The summed E-state index contributed by atoms with van der Waals surface area (Å²) in [4.78, 5) is 18.2. The van der Waals surface area contributed by atoms with E-state index in [2.05, 4.69) is 33.9 Å². The molecular formula is C22H34N4O3. The lowest BCUT2D eigenvalue weighted by molar-refractivity contribution is -0.119. The molecule has 160 valence electrons. The van der Waals surface area contributed by atoms with Gasteiger partial charge in [0.2, 0.25) is 0 Å². The number of likely N-dealkylation sites (tertiary alicyclic amines) is 1. The van der Waals surface area contributed by atoms with Crippen molar-refractivity contribution in [1.29, 1.82) is 0 Å². The Hall–Kier alpha value is -1.67. The third-order valence-electron chi connectivity index (χ3n) is 6.90. The van der Waals surface area contributed by atoms with Gasteiger partial charge in [0.05, 0.1) is 6.10 Å². The van der Waals surface area contributed by atoms with Crippen LogP contribution >= 0.6 is 0 Å². The number of carbonyl (C=O) groups excluding carboxylic acids is 1. The second kappa shape index (κ2) is 9.00. The van der Waals surface area contributed by atoms with Gasteiger partial charge in [-0.25, -0.2) is 0 Å². The van der Waals surface area contributed by atoms with Crippen LogP contribution in [0.3, 0.4) is 0 Å². The lowest BCUT2D eigenvalue weighted by Crippen LogP contribution is -2.55. The summed E-state index contributed by atoms with van der Waals surface area (Å²) in [6.07, 6.45) is 1.85. The largest absolute Gasteiger partial charge is 0.484 e. The van der Waals surface area contributed by atoms with Crippen molar-refractivity contribution in [2.75, 3.05) is 52.9 Å². The van der Waals surface area contributed by atoms with Gasteiger partial charge in [-0.3, -0.25) is 14.6 Å². The SMILES string of the molecule is CN1CCN([C@@H]2C[C@@H]3CN(Cc4ccc(OCC(N)=O)cc4)C[C@@H]3C[C@H]2O)CC1. The first-order valence-corrected chi connectivity index (χ1v) is 10.8. The van der Waals surface area contributed by atoms with Crippen LogP contribution in [0.4, 0.5) is 0 Å². The number of primary amides is 1. The zero-order chi connectivity index (χ0) is 20.4. The van der Waals surface area contributed by atoms with Crippen LogP contribution in [0.5, 0.6) is 5.75 Å². The van der Waals surface area contributed by atoms with Crippen LogP contribution in [-0.2, 0) is 11.3 Å². The lowest BCUT2D eigenvalue weighted by Gasteiger charge is -2.44. The number of hydrogen-bond donors (Lipinski definition) is 2. The van der Waals surface area contributed by atoms with Crippen molar-refractivity contribution in [3.63, 3.8) is 0 Å². The number of nitrogens with zero attached hydrogens (tertiary/aromatic N) is 3. The van der Waals surface area contributed by atoms with Gasteiger partial charge in [0.25, 0.3) is 5.91 Å². The van der Waals surface area contributed by atoms with Crippen molar-refractivity contribution in [2.45, 2.75) is 31.5 Å². The van der Waals surface area contributed by atoms with E-state index in [1.807, 2.05) is 12.1 Å². The summed E-state index contributed by atoms with van der Waals surface area (Å²) in [6, 6.07) is 8.23. The monoisotopic (exact) mass is 402 g/mol. The Morgan fingerprint density at radius 2 is 1.76 bits per heavy atom. The summed E-state index contributed by atoms with van der Waals surface area (Å²) in [6.45, 7) is 7.35. The second-order valence-electron chi connectivity index (χ2n) is 9.06. The van der Waals surface area contributed by atoms with Crippen molar-refractivity contribution in [3.8, 4) is 5.75 Å². The van der Waals surface area contributed by atoms with E-state index in [4.69, 9.17) is 10.5 Å². The van der Waals surface area contributed by atoms with Gasteiger partial charge in [-0.05, 0) is 49.4 Å². The molecule has 1 saturated carbocycles. The van der Waals surface area contributed by atoms with E-state index >= 15 is 0 Å². The Labute approximate surface area is 173 Å². The number of fused-ring (bicyclic) bond motifs is 1. The summed E-state index contributed by atoms with van der Waals surface area (Å²) >= 11 is 0. The number of carbonyl (C=O) groups is 1. The van der Waals surface area contributed by atoms with Crippen LogP contribution in [0, 0.1) is 11.8 Å². The molecule has 4 atom stereocenters. The van der Waals surface area contributed by atoms with Crippen molar-refractivity contribution in [1.82, 2.24) is 14.7 Å². The van der Waals surface area contributed by atoms with Crippen LogP contribution in [-0.4, -0.2) is 90.8 Å². The Bertz CT molecular complexity index is 690. The second-order valence-corrected chi connectivity index (χ2v) is 9.06. The molecule has 3 N–H and O–H groups in total. The van der Waals surface area contributed by atoms with Crippen molar-refractivity contribution in [3.05, 3.63) is 29.8 Å². The molecule has 1 amide bonds. The highest BCUT2D eigenvalue weighted by molar-refractivity contribution is 5.75. The Morgan fingerprint density at radius 3 is 2.41 bits per heavy atom. The molecule has 29 heavy (non-hydrogen) atoms. The zero-order valence-corrected chi connectivity index (χ0v) is 17.4. The predicted octanol–water partition coefficient (Wildman–Crippen LogP) is 0.369. The molecular weight excluding hydrogens is 368 g/mol. The van der Waals surface area contributed by atoms with Gasteiger partial charge in [-0.15, -0.1) is 0 Å². The molecule has 0 aromatic heterocycles. The number of aliphatic hydroxyl groups is 1. The van der Waals surface area contributed by atoms with Gasteiger partial charge in [0.15, 0.2) is 6.61 Å². The van der Waals surface area contributed by atoms with Gasteiger partial charge in [0, 0.05) is 51.9 Å². The molecule has 1 aromatic carbocycles. The summed E-state index contributed by atoms with van der Waals surface area (Å²) in [7, 11) is 2.18. The maximum Gasteiger partial charge on any atom is 0.255 e. The van der Waals surface area contributed by atoms with E-state index in [9.17, 15) is 9.90 Å². The Kier molecular flexibility index (Phi) is 6.39. The molecule has 1 aromatic rings. The quantitative estimate of drug-likeness (QED) is 0.716. The standard InChI is InChI=1S/C22H34N4O3/c1-24-6-8-26(9-7-24)20-10-17-13-25(14-18(17)11-21(20)27)12-16-2-4-19(5-3-16)29-15-22(23)28/h2-5,17-18,20-21,27H,6-15H2,1H3,(H2,23,28)/t17-,18+,20-,21-/m1/s1. The average molecular weight is 403 g/mol. The smallest absolute Gasteiger partial charge is 0.255 e. The molecule has 0 bridgehead atoms. The fourth-order valence-corrected chi connectivity index (χ4v) is 5.28. The minimum atomic E-state index is -0.467. The lowest BCUT2D eigenvalue weighted by atomic mass is 9.77. The van der Waals surface area contributed by atoms with Crippen molar-refractivity contribution < 1.29 is 14.6 Å². The van der Waals surface area contributed by atoms with E-state index < -0.39 is 5.91 Å². The number of rotatable bonds is 6. The molecule has 2 saturated heterocycles. The molecule has 3 fully saturated rings. The van der Waals surface area contributed by atoms with Gasteiger partial charge in [0.1, 0.15) is 5.75 Å². The fourth-order valence-electron chi connectivity index (χ4n) is 5.28. The molecule has 0 radical (unpaired) electrons. The van der Waals surface area contributed by atoms with Crippen LogP contribution in [0.15, 0.2) is 24.3 Å². The molecule has 7 heteroatoms. The topological polar surface area (TPSA) is 82.3 Å². The molecule has 0 unspecified atom stereocenters. The molecule has 0 spiro atoms. The van der Waals surface area contributed by atoms with E-state index in [0.717, 1.165) is 58.7 Å². The third-order valence-corrected chi connectivity index (χ3v) is 6.90. The summed E-state index contributed by atoms with van der Waals surface area (Å²) in [5.41, 5.74) is 6.36. The summed E-state index contributed by atoms with van der Waals surface area (Å²) in [5.74, 6) is 1.49. The first-order valence-electron chi connectivity index (χ1n) is 10.8. The van der Waals surface area contributed by atoms with E-state index in [-0.39, 0.29) is 12.7 Å². The number of piperazine rings is 1. The van der Waals surface area contributed by atoms with Crippen molar-refractivity contribution >= 4 is 5.91 Å². The maximum absolute atomic E-state index is 10.8. The van der Waals surface area contributed by atoms with Crippen LogP contribution in [0.1, 0.15) is 18.4 Å². The number of amides is 1. The number of hydrogen-bond acceptors (Lipinski definition) is 6. The third kappa shape index (κ3) is 5.09. The Morgan fingerprint density at radius 1 is 1.10 bits per heavy atom. The Balaban J connectivity index is 1.30.